The van der Waals surface area contributed by atoms with Gasteiger partial charge in [-0.15, -0.1) is 9.71 Å². The second-order valence-electron chi connectivity index (χ2n) is 1.89. The van der Waals surface area contributed by atoms with Crippen LogP contribution in [0.25, 0.3) is 0 Å². The first-order valence-corrected chi connectivity index (χ1v) is 2.33. The predicted octanol–water partition coefficient (Wildman–Crippen LogP) is 1.49. The Balaban J connectivity index is 2.74. The summed E-state index contributed by atoms with van der Waals surface area (Å²) in [6.07, 6.45) is 1.44. The van der Waals surface area contributed by atoms with Crippen LogP contribution in [0.5, 0.6) is 0 Å². The van der Waals surface area contributed by atoms with Crippen molar-refractivity contribution in [2.45, 2.75) is 12.7 Å². The number of alkyl halides is 1. The van der Waals surface area contributed by atoms with Crippen LogP contribution in [-0.4, -0.2) is 16.3 Å². The molecule has 0 bridgehead atoms. The third kappa shape index (κ3) is 0.873. The smallest absolute Gasteiger partial charge is 0.217 e. The maximum absolute atomic E-state index is 12.4. The first-order chi connectivity index (χ1) is 4.04. The van der Waals surface area contributed by atoms with Gasteiger partial charge in [-0.25, -0.2) is 4.39 Å². The summed E-state index contributed by atoms with van der Waals surface area (Å²) in [6.45, 7) is 0.906. The highest BCUT2D eigenvalue weighted by Gasteiger charge is 2.39. The van der Waals surface area contributed by atoms with Crippen LogP contribution in [0, 0.1) is 0 Å². The van der Waals surface area contributed by atoms with Crippen LogP contribution in [-0.2, 0) is 0 Å². The van der Waals surface area contributed by atoms with Crippen molar-refractivity contribution in [2.75, 3.05) is 0 Å². The molecule has 0 saturated heterocycles. The molecule has 1 heterocycles. The van der Waals surface area contributed by atoms with Crippen molar-refractivity contribution in [3.63, 3.8) is 0 Å². The SMILES string of the molecule is CC1(F)C=CN(F)N1F. The summed E-state index contributed by atoms with van der Waals surface area (Å²) in [6, 6.07) is 0. The fraction of sp³-hybridized carbons (Fsp3) is 0.500. The van der Waals surface area contributed by atoms with Gasteiger partial charge in [-0.2, -0.15) is 0 Å². The van der Waals surface area contributed by atoms with Gasteiger partial charge in [-0.3, -0.25) is 0 Å². The highest BCUT2D eigenvalue weighted by atomic mass is 19.3. The van der Waals surface area contributed by atoms with E-state index in [4.69, 9.17) is 0 Å². The Morgan fingerprint density at radius 3 is 2.11 bits per heavy atom. The second-order valence-corrected chi connectivity index (χ2v) is 1.89. The third-order valence-corrected chi connectivity index (χ3v) is 1.03. The fourth-order valence-corrected chi connectivity index (χ4v) is 0.504. The molecule has 1 rings (SSSR count). The van der Waals surface area contributed by atoms with Crippen molar-refractivity contribution in [3.05, 3.63) is 12.3 Å². The summed E-state index contributed by atoms with van der Waals surface area (Å²) < 4.78 is 36.3. The minimum atomic E-state index is -2.34. The lowest BCUT2D eigenvalue weighted by Gasteiger charge is -2.18. The van der Waals surface area contributed by atoms with Crippen molar-refractivity contribution in [2.24, 2.45) is 0 Å². The summed E-state index contributed by atoms with van der Waals surface area (Å²) >= 11 is 0. The van der Waals surface area contributed by atoms with Gasteiger partial charge in [0.1, 0.15) is 0 Å². The molecule has 0 fully saturated rings. The molecule has 1 aliphatic rings. The lowest BCUT2D eigenvalue weighted by Crippen LogP contribution is -2.35. The monoisotopic (exact) mass is 138 g/mol. The molecule has 2 nitrogen and oxygen atoms in total. The van der Waals surface area contributed by atoms with E-state index in [2.05, 4.69) is 0 Å². The van der Waals surface area contributed by atoms with Gasteiger partial charge >= 0.3 is 0 Å². The molecule has 0 spiro atoms. The summed E-state index contributed by atoms with van der Waals surface area (Å²) in [5, 5.41) is -1.10. The predicted molar refractivity (Wildman–Crippen MR) is 24.5 cm³/mol. The minimum Gasteiger partial charge on any atom is -0.217 e. The Kier molecular flexibility index (Phi) is 1.16. The molecule has 0 amide bonds. The van der Waals surface area contributed by atoms with Crippen LogP contribution < -0.4 is 0 Å². The first-order valence-electron chi connectivity index (χ1n) is 2.33. The van der Waals surface area contributed by atoms with Crippen LogP contribution in [0.15, 0.2) is 12.3 Å². The van der Waals surface area contributed by atoms with Gasteiger partial charge in [-0.1, -0.05) is 4.48 Å². The van der Waals surface area contributed by atoms with E-state index in [-0.39, 0.29) is 0 Å². The van der Waals surface area contributed by atoms with E-state index in [1.165, 1.54) is 0 Å². The largest absolute Gasteiger partial charge is 0.230 e. The van der Waals surface area contributed by atoms with Crippen molar-refractivity contribution in [1.82, 2.24) is 10.5 Å². The molecule has 0 radical (unpaired) electrons. The molecule has 5 heteroatoms. The Labute approximate surface area is 50.0 Å². The van der Waals surface area contributed by atoms with Gasteiger partial charge in [0.2, 0.25) is 5.79 Å². The molecule has 0 aliphatic carbocycles. The highest BCUT2D eigenvalue weighted by Crippen LogP contribution is 2.27. The molecule has 0 N–H and O–H groups in total. The first kappa shape index (κ1) is 6.41. The number of hydrogen-bond acceptors (Lipinski definition) is 2. The average Bonchev–Trinajstić information content (AvgIpc) is 1.97. The minimum absolute atomic E-state index is 0.458. The molecule has 0 aromatic carbocycles. The van der Waals surface area contributed by atoms with Gasteiger partial charge < -0.3 is 0 Å². The topological polar surface area (TPSA) is 6.48 Å². The van der Waals surface area contributed by atoms with Crippen molar-refractivity contribution >= 4 is 0 Å². The second kappa shape index (κ2) is 1.63. The van der Waals surface area contributed by atoms with E-state index in [0.717, 1.165) is 13.0 Å². The van der Waals surface area contributed by atoms with Crippen LogP contribution in [0.1, 0.15) is 6.92 Å². The molecule has 0 saturated carbocycles. The van der Waals surface area contributed by atoms with Gasteiger partial charge in [0.15, 0.2) is 0 Å². The molecule has 0 aromatic heterocycles. The van der Waals surface area contributed by atoms with Crippen molar-refractivity contribution in [1.29, 1.82) is 0 Å². The maximum Gasteiger partial charge on any atom is 0.230 e. The lowest BCUT2D eigenvalue weighted by molar-refractivity contribution is -0.292. The van der Waals surface area contributed by atoms with Crippen molar-refractivity contribution < 1.29 is 13.4 Å². The van der Waals surface area contributed by atoms with E-state index in [0.29, 0.717) is 6.20 Å². The van der Waals surface area contributed by atoms with E-state index in [9.17, 15) is 13.4 Å². The number of rotatable bonds is 0. The standard InChI is InChI=1S/C4H5F3N2/c1-4(5)2-3-8(6)9(4)7/h2-3H,1H3. The molecular weight excluding hydrogens is 133 g/mol. The molecule has 0 aromatic rings. The fourth-order valence-electron chi connectivity index (χ4n) is 0.504. The van der Waals surface area contributed by atoms with Gasteiger partial charge in [0, 0.05) is 5.23 Å². The van der Waals surface area contributed by atoms with Gasteiger partial charge in [0.05, 0.1) is 6.20 Å². The van der Waals surface area contributed by atoms with E-state index < -0.39 is 16.3 Å². The quantitative estimate of drug-likeness (QED) is 0.369. The zero-order valence-corrected chi connectivity index (χ0v) is 4.68. The molecule has 52 valence electrons. The Bertz CT molecular complexity index is 145. The van der Waals surface area contributed by atoms with Crippen LogP contribution >= 0.6 is 0 Å². The maximum atomic E-state index is 12.4. The molecule has 1 unspecified atom stereocenters. The summed E-state index contributed by atoms with van der Waals surface area (Å²) in [7, 11) is 0. The van der Waals surface area contributed by atoms with Gasteiger partial charge in [0.25, 0.3) is 0 Å². The summed E-state index contributed by atoms with van der Waals surface area (Å²) in [5.74, 6) is -2.34. The van der Waals surface area contributed by atoms with Crippen LogP contribution in [0.3, 0.4) is 0 Å². The summed E-state index contributed by atoms with van der Waals surface area (Å²) in [4.78, 5) is 0. The summed E-state index contributed by atoms with van der Waals surface area (Å²) in [5.41, 5.74) is 0. The van der Waals surface area contributed by atoms with E-state index in [1.807, 2.05) is 0 Å². The molecule has 1 aliphatic heterocycles. The molecule has 1 atom stereocenters. The average molecular weight is 138 g/mol. The number of halogens is 3. The molecule has 9 heavy (non-hydrogen) atoms. The van der Waals surface area contributed by atoms with Crippen LogP contribution in [0.4, 0.5) is 13.4 Å². The zero-order chi connectivity index (χ0) is 7.07. The van der Waals surface area contributed by atoms with Crippen molar-refractivity contribution in [3.8, 4) is 0 Å². The Morgan fingerprint density at radius 1 is 1.44 bits per heavy atom. The molecular formula is C4H5F3N2. The van der Waals surface area contributed by atoms with E-state index >= 15 is 0 Å². The highest BCUT2D eigenvalue weighted by molar-refractivity contribution is 4.99. The normalized spacial score (nSPS) is 36.2. The Morgan fingerprint density at radius 2 is 2.00 bits per heavy atom. The number of hydrazine groups is 1. The lowest BCUT2D eigenvalue weighted by atomic mass is 10.3. The third-order valence-electron chi connectivity index (χ3n) is 1.03. The van der Waals surface area contributed by atoms with Crippen LogP contribution in [0.2, 0.25) is 0 Å². The Hall–Kier alpha value is -0.710. The zero-order valence-electron chi connectivity index (χ0n) is 4.68. The number of nitrogens with zero attached hydrogens (tertiary/aromatic N) is 2. The van der Waals surface area contributed by atoms with E-state index in [1.54, 1.807) is 0 Å². The number of hydrogen-bond donors (Lipinski definition) is 0. The van der Waals surface area contributed by atoms with Gasteiger partial charge in [-0.05, 0) is 13.0 Å².